The first-order valence-corrected chi connectivity index (χ1v) is 11.2. The first-order valence-electron chi connectivity index (χ1n) is 10.3. The van der Waals surface area contributed by atoms with Gasteiger partial charge in [-0.15, -0.1) is 11.3 Å². The number of hydrazone groups is 1. The van der Waals surface area contributed by atoms with Crippen molar-refractivity contribution in [3.63, 3.8) is 0 Å². The Morgan fingerprint density at radius 3 is 2.97 bits per heavy atom. The van der Waals surface area contributed by atoms with Crippen molar-refractivity contribution in [2.75, 3.05) is 18.6 Å². The van der Waals surface area contributed by atoms with E-state index in [9.17, 15) is 4.79 Å². The fraction of sp³-hybridized carbons (Fsp3) is 0.500. The molecule has 7 heteroatoms. The Morgan fingerprint density at radius 1 is 1.31 bits per heavy atom. The molecule has 0 unspecified atom stereocenters. The number of benzene rings is 1. The number of carbonyl (C=O) groups is 1. The maximum Gasteiger partial charge on any atom is 0.311 e. The molecular weight excluding hydrogens is 386 g/mol. The van der Waals surface area contributed by atoms with E-state index in [1.165, 1.54) is 43.4 Å². The Labute approximate surface area is 176 Å². The van der Waals surface area contributed by atoms with Crippen molar-refractivity contribution in [3.8, 4) is 0 Å². The summed E-state index contributed by atoms with van der Waals surface area (Å²) in [4.78, 5) is 15.9. The van der Waals surface area contributed by atoms with Gasteiger partial charge in [0.25, 0.3) is 0 Å². The summed E-state index contributed by atoms with van der Waals surface area (Å²) >= 11 is 1.41. The molecule has 29 heavy (non-hydrogen) atoms. The highest BCUT2D eigenvalue weighted by Gasteiger charge is 2.13. The van der Waals surface area contributed by atoms with Crippen molar-refractivity contribution >= 4 is 28.7 Å². The van der Waals surface area contributed by atoms with E-state index in [4.69, 9.17) is 9.47 Å². The van der Waals surface area contributed by atoms with Crippen molar-refractivity contribution in [2.24, 2.45) is 11.0 Å². The fourth-order valence-electron chi connectivity index (χ4n) is 3.44. The average Bonchev–Trinajstić information content (AvgIpc) is 3.17. The van der Waals surface area contributed by atoms with Gasteiger partial charge < -0.3 is 9.47 Å². The van der Waals surface area contributed by atoms with Crippen molar-refractivity contribution in [1.29, 1.82) is 0 Å². The second-order valence-corrected chi connectivity index (χ2v) is 8.07. The predicted molar refractivity (Wildman–Crippen MR) is 116 cm³/mol. The molecule has 2 aromatic rings. The zero-order chi connectivity index (χ0) is 20.3. The molecule has 1 aliphatic carbocycles. The maximum atomic E-state index is 11.5. The summed E-state index contributed by atoms with van der Waals surface area (Å²) in [5.74, 6) is 0.440. The van der Waals surface area contributed by atoms with Gasteiger partial charge in [-0.2, -0.15) is 5.10 Å². The number of carbonyl (C=O) groups excluding carboxylic acids is 1. The number of hydrogen-bond donors (Lipinski definition) is 1. The first-order chi connectivity index (χ1) is 14.2. The number of ether oxygens (including phenoxy) is 2. The lowest BCUT2D eigenvalue weighted by Crippen LogP contribution is -2.13. The van der Waals surface area contributed by atoms with E-state index in [0.717, 1.165) is 17.7 Å². The minimum Gasteiger partial charge on any atom is -0.466 e. The number of esters is 1. The molecule has 1 saturated carbocycles. The number of thiazole rings is 1. The highest BCUT2D eigenvalue weighted by molar-refractivity contribution is 7.13. The van der Waals surface area contributed by atoms with Crippen molar-refractivity contribution in [1.82, 2.24) is 4.98 Å². The van der Waals surface area contributed by atoms with Gasteiger partial charge in [0.1, 0.15) is 0 Å². The number of nitrogens with zero attached hydrogens (tertiary/aromatic N) is 2. The molecule has 1 N–H and O–H groups in total. The van der Waals surface area contributed by atoms with Gasteiger partial charge in [0.15, 0.2) is 0 Å². The third kappa shape index (κ3) is 7.25. The van der Waals surface area contributed by atoms with Crippen LogP contribution in [-0.4, -0.2) is 30.4 Å². The van der Waals surface area contributed by atoms with Crippen LogP contribution in [0.4, 0.5) is 5.13 Å². The molecule has 0 aliphatic heterocycles. The maximum absolute atomic E-state index is 11.5. The van der Waals surface area contributed by atoms with Crippen LogP contribution in [-0.2, 0) is 27.3 Å². The largest absolute Gasteiger partial charge is 0.466 e. The van der Waals surface area contributed by atoms with Crippen molar-refractivity contribution < 1.29 is 14.3 Å². The molecule has 1 aromatic carbocycles. The molecule has 0 atom stereocenters. The Kier molecular flexibility index (Phi) is 8.64. The van der Waals surface area contributed by atoms with Crippen LogP contribution in [0.5, 0.6) is 0 Å². The third-order valence-electron chi connectivity index (χ3n) is 4.94. The first kappa shape index (κ1) is 21.5. The van der Waals surface area contributed by atoms with Crippen molar-refractivity contribution in [3.05, 3.63) is 46.5 Å². The van der Waals surface area contributed by atoms with Crippen LogP contribution in [0, 0.1) is 5.92 Å². The minimum atomic E-state index is -0.269. The van der Waals surface area contributed by atoms with Gasteiger partial charge >= 0.3 is 5.97 Å². The summed E-state index contributed by atoms with van der Waals surface area (Å²) in [5.41, 5.74) is 5.76. The summed E-state index contributed by atoms with van der Waals surface area (Å²) in [7, 11) is 0. The van der Waals surface area contributed by atoms with Crippen LogP contribution >= 0.6 is 11.3 Å². The SMILES string of the molecule is CCOC(=O)Cc1csc(NN=Cc2ccccc2COCC2CCCCC2)n1. The normalized spacial score (nSPS) is 14.9. The lowest BCUT2D eigenvalue weighted by atomic mass is 9.90. The lowest BCUT2D eigenvalue weighted by molar-refractivity contribution is -0.142. The van der Waals surface area contributed by atoms with Crippen LogP contribution in [0.3, 0.4) is 0 Å². The molecular formula is C22H29N3O3S. The second kappa shape index (κ2) is 11.7. The van der Waals surface area contributed by atoms with Gasteiger partial charge in [-0.1, -0.05) is 43.5 Å². The lowest BCUT2D eigenvalue weighted by Gasteiger charge is -2.21. The van der Waals surface area contributed by atoms with E-state index in [-0.39, 0.29) is 12.4 Å². The Bertz CT molecular complexity index is 800. The van der Waals surface area contributed by atoms with Gasteiger partial charge in [-0.05, 0) is 31.2 Å². The fourth-order valence-corrected chi connectivity index (χ4v) is 4.10. The summed E-state index contributed by atoms with van der Waals surface area (Å²) in [6.45, 7) is 3.60. The van der Waals surface area contributed by atoms with Gasteiger partial charge in [-0.25, -0.2) is 4.98 Å². The highest BCUT2D eigenvalue weighted by atomic mass is 32.1. The molecule has 0 amide bonds. The average molecular weight is 416 g/mol. The van der Waals surface area contributed by atoms with Crippen LogP contribution < -0.4 is 5.43 Å². The van der Waals surface area contributed by atoms with Gasteiger partial charge in [0.2, 0.25) is 5.13 Å². The molecule has 0 spiro atoms. The Balaban J connectivity index is 1.49. The van der Waals surface area contributed by atoms with Gasteiger partial charge in [0, 0.05) is 17.6 Å². The smallest absolute Gasteiger partial charge is 0.311 e. The molecule has 156 valence electrons. The van der Waals surface area contributed by atoms with Crippen LogP contribution in [0.1, 0.15) is 55.8 Å². The highest BCUT2D eigenvalue weighted by Crippen LogP contribution is 2.24. The Hall–Kier alpha value is -2.25. The molecule has 1 aliphatic rings. The summed E-state index contributed by atoms with van der Waals surface area (Å²) in [6.07, 6.45) is 8.58. The summed E-state index contributed by atoms with van der Waals surface area (Å²) in [6, 6.07) is 8.11. The predicted octanol–water partition coefficient (Wildman–Crippen LogP) is 4.79. The van der Waals surface area contributed by atoms with E-state index in [1.807, 2.05) is 23.6 Å². The van der Waals surface area contributed by atoms with E-state index >= 15 is 0 Å². The van der Waals surface area contributed by atoms with E-state index < -0.39 is 0 Å². The quantitative estimate of drug-likeness (QED) is 0.343. The van der Waals surface area contributed by atoms with Gasteiger partial charge in [0.05, 0.1) is 31.5 Å². The molecule has 1 heterocycles. The monoisotopic (exact) mass is 415 g/mol. The van der Waals surface area contributed by atoms with Crippen LogP contribution in [0.2, 0.25) is 0 Å². The molecule has 1 fully saturated rings. The minimum absolute atomic E-state index is 0.177. The van der Waals surface area contributed by atoms with E-state index in [1.54, 1.807) is 13.1 Å². The topological polar surface area (TPSA) is 72.8 Å². The Morgan fingerprint density at radius 2 is 2.14 bits per heavy atom. The number of hydrogen-bond acceptors (Lipinski definition) is 7. The zero-order valence-corrected chi connectivity index (χ0v) is 17.7. The van der Waals surface area contributed by atoms with Crippen LogP contribution in [0.15, 0.2) is 34.7 Å². The summed E-state index contributed by atoms with van der Waals surface area (Å²) in [5, 5.41) is 6.78. The van der Waals surface area contributed by atoms with E-state index in [2.05, 4.69) is 21.6 Å². The zero-order valence-electron chi connectivity index (χ0n) is 16.9. The van der Waals surface area contributed by atoms with E-state index in [0.29, 0.717) is 30.0 Å². The number of anilines is 1. The summed E-state index contributed by atoms with van der Waals surface area (Å²) < 4.78 is 10.9. The molecule has 3 rings (SSSR count). The number of aromatic nitrogens is 1. The molecule has 1 aromatic heterocycles. The van der Waals surface area contributed by atoms with Crippen molar-refractivity contribution in [2.45, 2.75) is 52.1 Å². The van der Waals surface area contributed by atoms with Crippen LogP contribution in [0.25, 0.3) is 0 Å². The number of rotatable bonds is 10. The molecule has 0 radical (unpaired) electrons. The second-order valence-electron chi connectivity index (χ2n) is 7.21. The standard InChI is InChI=1S/C22H29N3O3S/c1-2-28-21(26)12-20-16-29-22(24-20)25-23-13-18-10-6-7-11-19(18)15-27-14-17-8-4-3-5-9-17/h6-7,10-11,13,16-17H,2-5,8-9,12,14-15H2,1H3,(H,24,25). The molecule has 0 saturated heterocycles. The number of nitrogens with one attached hydrogen (secondary N) is 1. The molecule has 0 bridgehead atoms. The van der Waals surface area contributed by atoms with Gasteiger partial charge in [-0.3, -0.25) is 10.2 Å². The third-order valence-corrected chi connectivity index (χ3v) is 5.73. The molecule has 6 nitrogen and oxygen atoms in total.